The maximum atomic E-state index is 12.8. The standard InChI is InChI=1S/C44H58N4O9/c1-32(2)17-20-53-21-22-54-23-24-55-25-26-56-27-28-57-40-10-5-8-37-36(7-4-9-38(37)40)34-12-14-35(15-13-34)39(30-44(51)52)48-43(50)31-47-42(49)11-6-18-45-41-29-33(3)16-19-46-41/h4-5,7-10,12-16,19,29,32,39H,6,11,17-18,20-28,30-31H2,1-3H3,(H,45,46)(H,47,49)(H,48,50)(H,51,52)/t39-/m0/s1. The number of nitrogens with zero attached hydrogens (tertiary/aromatic N) is 1. The van der Waals surface area contributed by atoms with Gasteiger partial charge in [-0.25, -0.2) is 4.98 Å². The molecule has 13 heteroatoms. The number of nitrogens with one attached hydrogen (secondary N) is 3. The van der Waals surface area contributed by atoms with Gasteiger partial charge in [-0.3, -0.25) is 14.4 Å². The summed E-state index contributed by atoms with van der Waals surface area (Å²) in [4.78, 5) is 41.1. The number of rotatable bonds is 28. The Morgan fingerprint density at radius 3 is 2.07 bits per heavy atom. The Labute approximate surface area is 335 Å². The number of pyridine rings is 1. The van der Waals surface area contributed by atoms with Crippen molar-refractivity contribution in [3.8, 4) is 16.9 Å². The van der Waals surface area contributed by atoms with Crippen molar-refractivity contribution in [3.63, 3.8) is 0 Å². The first kappa shape index (κ1) is 44.6. The fourth-order valence-corrected chi connectivity index (χ4v) is 5.88. The van der Waals surface area contributed by atoms with Crippen LogP contribution in [0.3, 0.4) is 0 Å². The minimum absolute atomic E-state index is 0.228. The first-order chi connectivity index (χ1) is 27.7. The van der Waals surface area contributed by atoms with Crippen LogP contribution in [0.2, 0.25) is 0 Å². The molecule has 0 fully saturated rings. The van der Waals surface area contributed by atoms with Gasteiger partial charge >= 0.3 is 5.97 Å². The zero-order valence-corrected chi connectivity index (χ0v) is 33.4. The second-order valence-corrected chi connectivity index (χ2v) is 14.0. The van der Waals surface area contributed by atoms with Gasteiger partial charge in [-0.2, -0.15) is 0 Å². The smallest absolute Gasteiger partial charge is 0.305 e. The van der Waals surface area contributed by atoms with Gasteiger partial charge in [0.05, 0.1) is 65.3 Å². The molecule has 1 aromatic heterocycles. The highest BCUT2D eigenvalue weighted by atomic mass is 16.6. The molecule has 308 valence electrons. The molecule has 0 saturated heterocycles. The number of aromatic nitrogens is 1. The average molecular weight is 787 g/mol. The van der Waals surface area contributed by atoms with Crippen molar-refractivity contribution in [2.75, 3.05) is 77.9 Å². The van der Waals surface area contributed by atoms with E-state index in [2.05, 4.69) is 34.8 Å². The summed E-state index contributed by atoms with van der Waals surface area (Å²) < 4.78 is 28.4. The van der Waals surface area contributed by atoms with E-state index in [9.17, 15) is 19.5 Å². The molecule has 0 aliphatic rings. The SMILES string of the molecule is Cc1ccnc(NCCCC(=O)NCC(=O)N[C@@H](CC(=O)O)c2ccc(-c3cccc4c(OCCOCCOCCOCCOCCC(C)C)cccc34)cc2)c1. The Bertz CT molecular complexity index is 1820. The zero-order chi connectivity index (χ0) is 40.7. The summed E-state index contributed by atoms with van der Waals surface area (Å²) in [7, 11) is 0. The summed E-state index contributed by atoms with van der Waals surface area (Å²) in [6.07, 6.45) is 3.25. The number of fused-ring (bicyclic) bond motifs is 1. The molecule has 13 nitrogen and oxygen atoms in total. The Balaban J connectivity index is 1.19. The largest absolute Gasteiger partial charge is 0.491 e. The Kier molecular flexibility index (Phi) is 19.8. The fourth-order valence-electron chi connectivity index (χ4n) is 5.88. The maximum absolute atomic E-state index is 12.8. The number of hydrogen-bond donors (Lipinski definition) is 4. The van der Waals surface area contributed by atoms with Gasteiger partial charge < -0.3 is 44.7 Å². The summed E-state index contributed by atoms with van der Waals surface area (Å²) in [6, 6.07) is 22.4. The Morgan fingerprint density at radius 2 is 1.40 bits per heavy atom. The summed E-state index contributed by atoms with van der Waals surface area (Å²) in [6.45, 7) is 11.3. The summed E-state index contributed by atoms with van der Waals surface area (Å²) in [5.41, 5.74) is 3.62. The molecule has 2 amide bonds. The van der Waals surface area contributed by atoms with E-state index in [4.69, 9.17) is 23.7 Å². The predicted molar refractivity (Wildman–Crippen MR) is 220 cm³/mol. The van der Waals surface area contributed by atoms with Crippen LogP contribution in [0.25, 0.3) is 21.9 Å². The number of carbonyl (C=O) groups is 3. The number of anilines is 1. The van der Waals surface area contributed by atoms with Crippen molar-refractivity contribution in [3.05, 3.63) is 90.1 Å². The van der Waals surface area contributed by atoms with E-state index in [-0.39, 0.29) is 25.3 Å². The van der Waals surface area contributed by atoms with E-state index in [0.29, 0.717) is 77.3 Å². The number of benzene rings is 3. The predicted octanol–water partition coefficient (Wildman–Crippen LogP) is 6.34. The summed E-state index contributed by atoms with van der Waals surface area (Å²) >= 11 is 0. The first-order valence-corrected chi connectivity index (χ1v) is 19.7. The molecule has 57 heavy (non-hydrogen) atoms. The molecule has 0 radical (unpaired) electrons. The molecule has 1 heterocycles. The number of carbonyl (C=O) groups excluding carboxylic acids is 2. The summed E-state index contributed by atoms with van der Waals surface area (Å²) in [5.74, 6) is 0.320. The minimum atomic E-state index is -1.06. The van der Waals surface area contributed by atoms with E-state index in [0.717, 1.165) is 52.1 Å². The van der Waals surface area contributed by atoms with Gasteiger partial charge in [-0.05, 0) is 71.5 Å². The Hall–Kier alpha value is -5.08. The molecule has 0 bridgehead atoms. The zero-order valence-electron chi connectivity index (χ0n) is 33.4. The number of amides is 2. The Morgan fingerprint density at radius 1 is 0.754 bits per heavy atom. The van der Waals surface area contributed by atoms with E-state index in [1.807, 2.05) is 79.7 Å². The maximum Gasteiger partial charge on any atom is 0.305 e. The minimum Gasteiger partial charge on any atom is -0.491 e. The van der Waals surface area contributed by atoms with Gasteiger partial charge in [0.15, 0.2) is 0 Å². The molecule has 0 unspecified atom stereocenters. The van der Waals surface area contributed by atoms with Gasteiger partial charge in [-0.15, -0.1) is 0 Å². The average Bonchev–Trinajstić information content (AvgIpc) is 3.19. The van der Waals surface area contributed by atoms with Gasteiger partial charge in [0, 0.05) is 31.2 Å². The highest BCUT2D eigenvalue weighted by Crippen LogP contribution is 2.34. The highest BCUT2D eigenvalue weighted by Gasteiger charge is 2.19. The molecule has 4 aromatic rings. The molecule has 0 saturated carbocycles. The van der Waals surface area contributed by atoms with E-state index in [1.54, 1.807) is 6.20 Å². The van der Waals surface area contributed by atoms with E-state index in [1.165, 1.54) is 0 Å². The molecule has 4 rings (SSSR count). The van der Waals surface area contributed by atoms with Crippen LogP contribution in [-0.4, -0.2) is 100 Å². The van der Waals surface area contributed by atoms with Crippen molar-refractivity contribution in [1.29, 1.82) is 0 Å². The lowest BCUT2D eigenvalue weighted by Gasteiger charge is -2.18. The van der Waals surface area contributed by atoms with E-state index < -0.39 is 17.9 Å². The molecule has 3 aromatic carbocycles. The van der Waals surface area contributed by atoms with Gasteiger partial charge in [0.1, 0.15) is 18.2 Å². The van der Waals surface area contributed by atoms with Crippen molar-refractivity contribution in [2.24, 2.45) is 5.92 Å². The number of carboxylic acid groups (broad SMARTS) is 1. The molecule has 0 spiro atoms. The second-order valence-electron chi connectivity index (χ2n) is 14.0. The third kappa shape index (κ3) is 16.9. The molecular weight excluding hydrogens is 729 g/mol. The molecule has 0 aliphatic heterocycles. The molecule has 1 atom stereocenters. The molecular formula is C44H58N4O9. The number of hydrogen-bond acceptors (Lipinski definition) is 10. The van der Waals surface area contributed by atoms with E-state index >= 15 is 0 Å². The number of carboxylic acids is 1. The van der Waals surface area contributed by atoms with Crippen molar-refractivity contribution in [1.82, 2.24) is 15.6 Å². The number of aliphatic carboxylic acids is 1. The lowest BCUT2D eigenvalue weighted by molar-refractivity contribution is -0.138. The van der Waals surface area contributed by atoms with Gasteiger partial charge in [-0.1, -0.05) is 68.4 Å². The van der Waals surface area contributed by atoms with Crippen LogP contribution < -0.4 is 20.7 Å². The number of aryl methyl sites for hydroxylation is 1. The van der Waals surface area contributed by atoms with Crippen LogP contribution in [0.1, 0.15) is 56.7 Å². The van der Waals surface area contributed by atoms with Crippen molar-refractivity contribution < 1.29 is 43.2 Å². The van der Waals surface area contributed by atoms with Gasteiger partial charge in [0.2, 0.25) is 11.8 Å². The normalized spacial score (nSPS) is 11.7. The monoisotopic (exact) mass is 786 g/mol. The number of ether oxygens (including phenoxy) is 5. The quantitative estimate of drug-likeness (QED) is 0.0475. The molecule has 0 aliphatic carbocycles. The first-order valence-electron chi connectivity index (χ1n) is 19.7. The second kappa shape index (κ2) is 25.2. The van der Waals surface area contributed by atoms with Crippen LogP contribution in [0, 0.1) is 12.8 Å². The van der Waals surface area contributed by atoms with Gasteiger partial charge in [0.25, 0.3) is 0 Å². The highest BCUT2D eigenvalue weighted by molar-refractivity contribution is 5.99. The third-order valence-electron chi connectivity index (χ3n) is 8.91. The van der Waals surface area contributed by atoms with Crippen LogP contribution in [0.4, 0.5) is 5.82 Å². The van der Waals surface area contributed by atoms with Crippen LogP contribution >= 0.6 is 0 Å². The van der Waals surface area contributed by atoms with Crippen LogP contribution in [0.5, 0.6) is 5.75 Å². The lowest BCUT2D eigenvalue weighted by Crippen LogP contribution is -2.39. The van der Waals surface area contributed by atoms with Crippen molar-refractivity contribution in [2.45, 2.75) is 52.5 Å². The van der Waals surface area contributed by atoms with Crippen LogP contribution in [-0.2, 0) is 33.3 Å². The fraction of sp³-hybridized carbons (Fsp3) is 0.455. The lowest BCUT2D eigenvalue weighted by atomic mass is 9.95. The third-order valence-corrected chi connectivity index (χ3v) is 8.91. The topological polar surface area (TPSA) is 167 Å². The molecule has 4 N–H and O–H groups in total. The summed E-state index contributed by atoms with van der Waals surface area (Å²) in [5, 5.41) is 20.1. The van der Waals surface area contributed by atoms with Crippen molar-refractivity contribution >= 4 is 34.4 Å². The van der Waals surface area contributed by atoms with Crippen LogP contribution in [0.15, 0.2) is 79.0 Å².